The summed E-state index contributed by atoms with van der Waals surface area (Å²) in [5.74, 6) is -0.274. The lowest BCUT2D eigenvalue weighted by Gasteiger charge is -2.24. The van der Waals surface area contributed by atoms with E-state index in [1.165, 1.54) is 4.88 Å². The van der Waals surface area contributed by atoms with Gasteiger partial charge in [0.25, 0.3) is 0 Å². The van der Waals surface area contributed by atoms with E-state index in [1.54, 1.807) is 18.3 Å². The van der Waals surface area contributed by atoms with Crippen LogP contribution in [0, 0.1) is 0 Å². The highest BCUT2D eigenvalue weighted by molar-refractivity contribution is 7.10. The summed E-state index contributed by atoms with van der Waals surface area (Å²) in [6.07, 6.45) is 2.25. The Bertz CT molecular complexity index is 447. The zero-order valence-electron chi connectivity index (χ0n) is 11.6. The first-order chi connectivity index (χ1) is 9.72. The number of nitrogens with one attached hydrogen (secondary N) is 1. The van der Waals surface area contributed by atoms with Crippen LogP contribution in [0.25, 0.3) is 0 Å². The number of hydrogen-bond donors (Lipinski definition) is 1. The van der Waals surface area contributed by atoms with Crippen molar-refractivity contribution in [1.29, 1.82) is 0 Å². The predicted octanol–water partition coefficient (Wildman–Crippen LogP) is 2.55. The van der Waals surface area contributed by atoms with Crippen LogP contribution < -0.4 is 5.32 Å². The van der Waals surface area contributed by atoms with Crippen molar-refractivity contribution in [1.82, 2.24) is 10.2 Å². The summed E-state index contributed by atoms with van der Waals surface area (Å²) in [7, 11) is 0. The van der Waals surface area contributed by atoms with E-state index in [4.69, 9.17) is 4.74 Å². The molecule has 0 unspecified atom stereocenters. The molecule has 1 aromatic rings. The molecule has 6 heteroatoms. The van der Waals surface area contributed by atoms with E-state index in [-0.39, 0.29) is 24.5 Å². The second kappa shape index (κ2) is 7.28. The molecule has 20 heavy (non-hydrogen) atoms. The third-order valence-electron chi connectivity index (χ3n) is 3.30. The first kappa shape index (κ1) is 14.8. The maximum absolute atomic E-state index is 12.2. The molecule has 2 rings (SSSR count). The van der Waals surface area contributed by atoms with Gasteiger partial charge in [0.2, 0.25) is 0 Å². The number of esters is 1. The molecule has 2 amide bonds. The van der Waals surface area contributed by atoms with Gasteiger partial charge in [-0.3, -0.25) is 4.79 Å². The number of likely N-dealkylation sites (tertiary alicyclic amines) is 1. The number of nitrogens with zero attached hydrogens (tertiary/aromatic N) is 1. The van der Waals surface area contributed by atoms with Crippen molar-refractivity contribution in [3.05, 3.63) is 22.4 Å². The van der Waals surface area contributed by atoms with Crippen molar-refractivity contribution in [3.8, 4) is 0 Å². The molecule has 0 radical (unpaired) electrons. The summed E-state index contributed by atoms with van der Waals surface area (Å²) < 4.78 is 4.83. The number of rotatable bonds is 5. The number of hydrogen-bond acceptors (Lipinski definition) is 4. The van der Waals surface area contributed by atoms with Crippen LogP contribution in [-0.4, -0.2) is 36.6 Å². The standard InChI is InChI=1S/C14H20N2O3S/c1-2-19-13(17)7-8-15-14(18)16-9-3-5-11(16)12-6-4-10-20-12/h4,6,10-11H,2-3,5,7-9H2,1H3,(H,15,18)/t11-/m0/s1. The summed E-state index contributed by atoms with van der Waals surface area (Å²) >= 11 is 1.68. The van der Waals surface area contributed by atoms with Gasteiger partial charge in [0.05, 0.1) is 19.1 Å². The fourth-order valence-electron chi connectivity index (χ4n) is 2.39. The molecule has 110 valence electrons. The summed E-state index contributed by atoms with van der Waals surface area (Å²) in [6, 6.07) is 4.16. The molecule has 1 aromatic heterocycles. The minimum atomic E-state index is -0.274. The van der Waals surface area contributed by atoms with Crippen molar-refractivity contribution in [3.63, 3.8) is 0 Å². The molecule has 1 fully saturated rings. The van der Waals surface area contributed by atoms with Crippen molar-refractivity contribution in [2.45, 2.75) is 32.2 Å². The number of carbonyl (C=O) groups is 2. The molecule has 0 aliphatic carbocycles. The number of amides is 2. The van der Waals surface area contributed by atoms with Crippen LogP contribution >= 0.6 is 11.3 Å². The molecule has 1 aliphatic rings. The third kappa shape index (κ3) is 3.72. The van der Waals surface area contributed by atoms with Gasteiger partial charge >= 0.3 is 12.0 Å². The van der Waals surface area contributed by atoms with E-state index < -0.39 is 0 Å². The SMILES string of the molecule is CCOC(=O)CCNC(=O)N1CCC[C@H]1c1cccs1. The van der Waals surface area contributed by atoms with Gasteiger partial charge < -0.3 is 15.0 Å². The Kier molecular flexibility index (Phi) is 5.40. The van der Waals surface area contributed by atoms with Crippen LogP contribution in [0.4, 0.5) is 4.79 Å². The monoisotopic (exact) mass is 296 g/mol. The Labute approximate surface area is 122 Å². The van der Waals surface area contributed by atoms with E-state index in [1.807, 2.05) is 16.3 Å². The summed E-state index contributed by atoms with van der Waals surface area (Å²) in [5.41, 5.74) is 0. The zero-order chi connectivity index (χ0) is 14.4. The number of ether oxygens (including phenoxy) is 1. The largest absolute Gasteiger partial charge is 0.466 e. The average Bonchev–Trinajstić information content (AvgIpc) is 3.09. The van der Waals surface area contributed by atoms with Gasteiger partial charge in [0, 0.05) is 18.0 Å². The average molecular weight is 296 g/mol. The minimum absolute atomic E-state index is 0.0924. The normalized spacial score (nSPS) is 18.1. The van der Waals surface area contributed by atoms with Crippen LogP contribution in [0.5, 0.6) is 0 Å². The second-order valence-corrected chi connectivity index (χ2v) is 5.63. The molecular weight excluding hydrogens is 276 g/mol. The highest BCUT2D eigenvalue weighted by Gasteiger charge is 2.30. The highest BCUT2D eigenvalue weighted by atomic mass is 32.1. The molecule has 1 aliphatic heterocycles. The molecule has 0 bridgehead atoms. The summed E-state index contributed by atoms with van der Waals surface area (Å²) in [6.45, 7) is 3.24. The van der Waals surface area contributed by atoms with E-state index in [9.17, 15) is 9.59 Å². The van der Waals surface area contributed by atoms with Gasteiger partial charge in [-0.15, -0.1) is 11.3 Å². The number of urea groups is 1. The molecule has 1 N–H and O–H groups in total. The lowest BCUT2D eigenvalue weighted by atomic mass is 10.2. The number of thiophene rings is 1. The molecule has 1 saturated heterocycles. The fraction of sp³-hybridized carbons (Fsp3) is 0.571. The van der Waals surface area contributed by atoms with Gasteiger partial charge in [-0.2, -0.15) is 0 Å². The van der Waals surface area contributed by atoms with E-state index >= 15 is 0 Å². The Morgan fingerprint density at radius 2 is 2.40 bits per heavy atom. The van der Waals surface area contributed by atoms with E-state index in [0.717, 1.165) is 19.4 Å². The quantitative estimate of drug-likeness (QED) is 0.850. The van der Waals surface area contributed by atoms with E-state index in [2.05, 4.69) is 11.4 Å². The van der Waals surface area contributed by atoms with Crippen LogP contribution in [0.15, 0.2) is 17.5 Å². The second-order valence-electron chi connectivity index (χ2n) is 4.65. The molecule has 0 aromatic carbocycles. The number of carbonyl (C=O) groups excluding carboxylic acids is 2. The third-order valence-corrected chi connectivity index (χ3v) is 4.27. The zero-order valence-corrected chi connectivity index (χ0v) is 12.4. The van der Waals surface area contributed by atoms with Crippen molar-refractivity contribution in [2.24, 2.45) is 0 Å². The van der Waals surface area contributed by atoms with Gasteiger partial charge in [-0.05, 0) is 31.2 Å². The fourth-order valence-corrected chi connectivity index (χ4v) is 3.27. The molecule has 1 atom stereocenters. The molecule has 5 nitrogen and oxygen atoms in total. The molecule has 0 saturated carbocycles. The maximum atomic E-state index is 12.2. The molecular formula is C14H20N2O3S. The highest BCUT2D eigenvalue weighted by Crippen LogP contribution is 2.34. The topological polar surface area (TPSA) is 58.6 Å². The van der Waals surface area contributed by atoms with Crippen molar-refractivity contribution >= 4 is 23.3 Å². The predicted molar refractivity (Wildman–Crippen MR) is 77.6 cm³/mol. The van der Waals surface area contributed by atoms with Crippen LogP contribution in [-0.2, 0) is 9.53 Å². The van der Waals surface area contributed by atoms with Gasteiger partial charge in [-0.25, -0.2) is 4.79 Å². The van der Waals surface area contributed by atoms with Crippen LogP contribution in [0.3, 0.4) is 0 Å². The van der Waals surface area contributed by atoms with Gasteiger partial charge in [0.1, 0.15) is 0 Å². The smallest absolute Gasteiger partial charge is 0.317 e. The summed E-state index contributed by atoms with van der Waals surface area (Å²) in [4.78, 5) is 26.5. The van der Waals surface area contributed by atoms with Gasteiger partial charge in [0.15, 0.2) is 0 Å². The lowest BCUT2D eigenvalue weighted by molar-refractivity contribution is -0.142. The Morgan fingerprint density at radius 1 is 1.55 bits per heavy atom. The van der Waals surface area contributed by atoms with Gasteiger partial charge in [-0.1, -0.05) is 6.07 Å². The maximum Gasteiger partial charge on any atom is 0.317 e. The Hall–Kier alpha value is -1.56. The van der Waals surface area contributed by atoms with Crippen LogP contribution in [0.2, 0.25) is 0 Å². The van der Waals surface area contributed by atoms with E-state index in [0.29, 0.717) is 13.2 Å². The molecule has 0 spiro atoms. The lowest BCUT2D eigenvalue weighted by Crippen LogP contribution is -2.40. The molecule has 2 heterocycles. The Balaban J connectivity index is 1.81. The van der Waals surface area contributed by atoms with Crippen molar-refractivity contribution in [2.75, 3.05) is 19.7 Å². The first-order valence-corrected chi connectivity index (χ1v) is 7.84. The first-order valence-electron chi connectivity index (χ1n) is 6.96. The minimum Gasteiger partial charge on any atom is -0.466 e. The summed E-state index contributed by atoms with van der Waals surface area (Å²) in [5, 5.41) is 4.83. The Morgan fingerprint density at radius 3 is 3.10 bits per heavy atom. The van der Waals surface area contributed by atoms with Crippen LogP contribution in [0.1, 0.15) is 37.1 Å². The van der Waals surface area contributed by atoms with Crippen molar-refractivity contribution < 1.29 is 14.3 Å².